The number of benzene rings is 1. The monoisotopic (exact) mass is 546 g/mol. The van der Waals surface area contributed by atoms with Crippen molar-refractivity contribution in [2.24, 2.45) is 4.99 Å². The number of nitrogens with one attached hydrogen (secondary N) is 2. The van der Waals surface area contributed by atoms with Crippen molar-refractivity contribution in [3.63, 3.8) is 0 Å². The fraction of sp³-hybridized carbons (Fsp3) is 0.636. The molecule has 0 atom stereocenters. The van der Waals surface area contributed by atoms with E-state index in [9.17, 15) is 9.18 Å². The van der Waals surface area contributed by atoms with Crippen molar-refractivity contribution >= 4 is 41.5 Å². The van der Waals surface area contributed by atoms with Crippen LogP contribution in [0.15, 0.2) is 23.2 Å². The molecule has 1 saturated heterocycles. The first kappa shape index (κ1) is 25.6. The number of anilines is 1. The van der Waals surface area contributed by atoms with Gasteiger partial charge in [-0.15, -0.1) is 24.0 Å². The van der Waals surface area contributed by atoms with Crippen LogP contribution in [-0.4, -0.2) is 80.6 Å². The zero-order valence-electron chi connectivity index (χ0n) is 18.9. The number of aliphatic imine (C=N–C) groups is 1. The molecule has 1 saturated carbocycles. The Labute approximate surface area is 202 Å². The maximum absolute atomic E-state index is 14.5. The topological polar surface area (TPSA) is 63.2 Å². The summed E-state index contributed by atoms with van der Waals surface area (Å²) in [4.78, 5) is 22.8. The Kier molecular flexibility index (Phi) is 10.3. The van der Waals surface area contributed by atoms with Gasteiger partial charge in [0, 0.05) is 58.9 Å². The molecule has 0 aromatic heterocycles. The fourth-order valence-corrected chi connectivity index (χ4v) is 3.82. The highest BCUT2D eigenvalue weighted by atomic mass is 127. The van der Waals surface area contributed by atoms with Gasteiger partial charge in [0.1, 0.15) is 5.82 Å². The highest BCUT2D eigenvalue weighted by molar-refractivity contribution is 14.0. The van der Waals surface area contributed by atoms with Gasteiger partial charge in [-0.2, -0.15) is 0 Å². The van der Waals surface area contributed by atoms with Crippen LogP contribution in [0.1, 0.15) is 32.3 Å². The Morgan fingerprint density at radius 2 is 1.87 bits per heavy atom. The Morgan fingerprint density at radius 1 is 1.19 bits per heavy atom. The Balaban J connectivity index is 0.00000341. The molecule has 1 aromatic rings. The Bertz CT molecular complexity index is 746. The van der Waals surface area contributed by atoms with Crippen LogP contribution >= 0.6 is 24.0 Å². The van der Waals surface area contributed by atoms with E-state index in [0.717, 1.165) is 63.6 Å². The second-order valence-electron chi connectivity index (χ2n) is 7.96. The van der Waals surface area contributed by atoms with Crippen LogP contribution < -0.4 is 15.5 Å². The average Bonchev–Trinajstić information content (AvgIpc) is 3.55. The number of hydrogen-bond donors (Lipinski definition) is 2. The maximum Gasteiger partial charge on any atom is 0.234 e. The molecule has 0 spiro atoms. The van der Waals surface area contributed by atoms with Gasteiger partial charge in [-0.3, -0.25) is 14.7 Å². The fourth-order valence-electron chi connectivity index (χ4n) is 3.82. The van der Waals surface area contributed by atoms with E-state index in [4.69, 9.17) is 0 Å². The molecule has 9 heteroatoms. The van der Waals surface area contributed by atoms with Crippen LogP contribution in [0.5, 0.6) is 0 Å². The first-order chi connectivity index (χ1) is 14.5. The largest absolute Gasteiger partial charge is 0.370 e. The van der Waals surface area contributed by atoms with E-state index in [1.165, 1.54) is 0 Å². The summed E-state index contributed by atoms with van der Waals surface area (Å²) < 4.78 is 14.5. The van der Waals surface area contributed by atoms with Gasteiger partial charge in [0.25, 0.3) is 0 Å². The summed E-state index contributed by atoms with van der Waals surface area (Å²) in [5, 5.41) is 6.39. The molecule has 2 aliphatic rings. The SMILES string of the molecule is CCN(CC)c1ccc(CNC(=NC)N2CCN(CC(=O)NC3CC3)CC2)cc1F.I. The first-order valence-corrected chi connectivity index (χ1v) is 11.0. The number of carbonyl (C=O) groups excluding carboxylic acids is 1. The van der Waals surface area contributed by atoms with Gasteiger partial charge in [-0.1, -0.05) is 6.07 Å². The van der Waals surface area contributed by atoms with Crippen LogP contribution in [-0.2, 0) is 11.3 Å². The molecule has 2 N–H and O–H groups in total. The lowest BCUT2D eigenvalue weighted by molar-refractivity contribution is -0.122. The number of guanidine groups is 1. The summed E-state index contributed by atoms with van der Waals surface area (Å²) >= 11 is 0. The molecule has 1 amide bonds. The van der Waals surface area contributed by atoms with Gasteiger partial charge in [-0.05, 0) is 44.4 Å². The van der Waals surface area contributed by atoms with Crippen molar-refractivity contribution < 1.29 is 9.18 Å². The zero-order valence-corrected chi connectivity index (χ0v) is 21.2. The van der Waals surface area contributed by atoms with Crippen molar-refractivity contribution in [3.05, 3.63) is 29.6 Å². The third-order valence-electron chi connectivity index (χ3n) is 5.76. The lowest BCUT2D eigenvalue weighted by Crippen LogP contribution is -2.54. The lowest BCUT2D eigenvalue weighted by atomic mass is 10.1. The van der Waals surface area contributed by atoms with E-state index in [2.05, 4.69) is 25.4 Å². The molecule has 1 aliphatic carbocycles. The molecule has 3 rings (SSSR count). The van der Waals surface area contributed by atoms with E-state index in [1.807, 2.05) is 30.9 Å². The number of rotatable bonds is 8. The van der Waals surface area contributed by atoms with Crippen LogP contribution in [0.3, 0.4) is 0 Å². The summed E-state index contributed by atoms with van der Waals surface area (Å²) in [6.07, 6.45) is 2.23. The molecule has 174 valence electrons. The summed E-state index contributed by atoms with van der Waals surface area (Å²) in [6, 6.07) is 5.83. The van der Waals surface area contributed by atoms with Gasteiger partial charge in [0.05, 0.1) is 12.2 Å². The quantitative estimate of drug-likeness (QED) is 0.298. The number of carbonyl (C=O) groups is 1. The number of piperazine rings is 1. The second-order valence-corrected chi connectivity index (χ2v) is 7.96. The summed E-state index contributed by atoms with van der Waals surface area (Å²) in [5.74, 6) is 0.750. The normalized spacial score (nSPS) is 17.2. The van der Waals surface area contributed by atoms with Crippen LogP contribution in [0.4, 0.5) is 10.1 Å². The van der Waals surface area contributed by atoms with Crippen molar-refractivity contribution in [2.45, 2.75) is 39.3 Å². The Morgan fingerprint density at radius 3 is 2.42 bits per heavy atom. The predicted octanol–water partition coefficient (Wildman–Crippen LogP) is 2.26. The molecule has 1 aromatic carbocycles. The average molecular weight is 546 g/mol. The van der Waals surface area contributed by atoms with Crippen molar-refractivity contribution in [1.29, 1.82) is 0 Å². The lowest BCUT2D eigenvalue weighted by Gasteiger charge is -2.36. The number of halogens is 2. The van der Waals surface area contributed by atoms with Gasteiger partial charge in [0.2, 0.25) is 5.91 Å². The minimum absolute atomic E-state index is 0. The van der Waals surface area contributed by atoms with Crippen LogP contribution in [0.25, 0.3) is 0 Å². The minimum atomic E-state index is -0.189. The summed E-state index contributed by atoms with van der Waals surface area (Å²) in [5.41, 5.74) is 1.54. The molecule has 0 unspecified atom stereocenters. The van der Waals surface area contributed by atoms with Gasteiger partial charge >= 0.3 is 0 Å². The molecule has 1 aliphatic heterocycles. The van der Waals surface area contributed by atoms with E-state index >= 15 is 0 Å². The van der Waals surface area contributed by atoms with Crippen molar-refractivity contribution in [2.75, 3.05) is 57.8 Å². The minimum Gasteiger partial charge on any atom is -0.370 e. The highest BCUT2D eigenvalue weighted by Crippen LogP contribution is 2.20. The molecule has 0 bridgehead atoms. The zero-order chi connectivity index (χ0) is 21.5. The number of amides is 1. The van der Waals surface area contributed by atoms with Gasteiger partial charge in [-0.25, -0.2) is 4.39 Å². The third-order valence-corrected chi connectivity index (χ3v) is 5.76. The van der Waals surface area contributed by atoms with Crippen LogP contribution in [0.2, 0.25) is 0 Å². The summed E-state index contributed by atoms with van der Waals surface area (Å²) in [6.45, 7) is 9.89. The Hall–Kier alpha value is -1.62. The molecular formula is C22H36FIN6O. The molecular weight excluding hydrogens is 510 g/mol. The molecule has 7 nitrogen and oxygen atoms in total. The van der Waals surface area contributed by atoms with E-state index < -0.39 is 0 Å². The van der Waals surface area contributed by atoms with E-state index in [1.54, 1.807) is 13.1 Å². The standard InChI is InChI=1S/C22H35FN6O.HI/c1-4-28(5-2)20-9-6-17(14-19(20)23)15-25-22(24-3)29-12-10-27(11-13-29)16-21(30)26-18-7-8-18;/h6,9,14,18H,4-5,7-8,10-13,15-16H2,1-3H3,(H,24,25)(H,26,30);1H. The molecule has 31 heavy (non-hydrogen) atoms. The summed E-state index contributed by atoms with van der Waals surface area (Å²) in [7, 11) is 1.77. The second kappa shape index (κ2) is 12.4. The maximum atomic E-state index is 14.5. The predicted molar refractivity (Wildman–Crippen MR) is 135 cm³/mol. The van der Waals surface area contributed by atoms with Crippen LogP contribution in [0, 0.1) is 5.82 Å². The first-order valence-electron chi connectivity index (χ1n) is 11.0. The number of hydrogen-bond acceptors (Lipinski definition) is 4. The van der Waals surface area contributed by atoms with Gasteiger partial charge < -0.3 is 20.4 Å². The third kappa shape index (κ3) is 7.48. The molecule has 1 heterocycles. The van der Waals surface area contributed by atoms with E-state index in [0.29, 0.717) is 24.8 Å². The smallest absolute Gasteiger partial charge is 0.234 e. The van der Waals surface area contributed by atoms with Crippen molar-refractivity contribution in [3.8, 4) is 0 Å². The highest BCUT2D eigenvalue weighted by Gasteiger charge is 2.25. The van der Waals surface area contributed by atoms with Gasteiger partial charge in [0.15, 0.2) is 5.96 Å². The van der Waals surface area contributed by atoms with Crippen molar-refractivity contribution in [1.82, 2.24) is 20.4 Å². The number of nitrogens with zero attached hydrogens (tertiary/aromatic N) is 4. The molecule has 2 fully saturated rings. The van der Waals surface area contributed by atoms with E-state index in [-0.39, 0.29) is 35.7 Å². The molecule has 0 radical (unpaired) electrons.